The van der Waals surface area contributed by atoms with E-state index in [0.717, 1.165) is 11.1 Å². The molecule has 0 bridgehead atoms. The lowest BCUT2D eigenvalue weighted by Gasteiger charge is -2.11. The van der Waals surface area contributed by atoms with Crippen molar-refractivity contribution < 1.29 is 12.8 Å². The molecule has 134 valence electrons. The van der Waals surface area contributed by atoms with E-state index in [-0.39, 0.29) is 10.7 Å². The van der Waals surface area contributed by atoms with Crippen LogP contribution in [0.2, 0.25) is 0 Å². The lowest BCUT2D eigenvalue weighted by atomic mass is 10.2. The van der Waals surface area contributed by atoms with Crippen molar-refractivity contribution in [1.82, 2.24) is 10.6 Å². The predicted octanol–water partition coefficient (Wildman–Crippen LogP) is 1.73. The van der Waals surface area contributed by atoms with E-state index >= 15 is 0 Å². The summed E-state index contributed by atoms with van der Waals surface area (Å²) in [6.45, 7) is 3.54. The number of hydrogen-bond donors (Lipinski definition) is 3. The van der Waals surface area contributed by atoms with E-state index in [9.17, 15) is 12.8 Å². The third-order valence-electron chi connectivity index (χ3n) is 3.39. The van der Waals surface area contributed by atoms with E-state index < -0.39 is 10.0 Å². The van der Waals surface area contributed by atoms with Crippen molar-refractivity contribution in [2.45, 2.75) is 24.9 Å². The van der Waals surface area contributed by atoms with Crippen molar-refractivity contribution in [2.75, 3.05) is 6.54 Å². The Kier molecular flexibility index (Phi) is 6.49. The number of halogens is 1. The van der Waals surface area contributed by atoms with E-state index in [2.05, 4.69) is 15.6 Å². The summed E-state index contributed by atoms with van der Waals surface area (Å²) >= 11 is 0. The summed E-state index contributed by atoms with van der Waals surface area (Å²) in [7, 11) is -3.69. The Labute approximate surface area is 147 Å². The van der Waals surface area contributed by atoms with Crippen molar-refractivity contribution >= 4 is 16.0 Å². The van der Waals surface area contributed by atoms with Gasteiger partial charge in [0.1, 0.15) is 5.82 Å². The number of nitrogens with zero attached hydrogens (tertiary/aromatic N) is 1. The van der Waals surface area contributed by atoms with Crippen molar-refractivity contribution in [3.8, 4) is 0 Å². The summed E-state index contributed by atoms with van der Waals surface area (Å²) in [5.74, 6) is 0.342. The molecule has 4 N–H and O–H groups in total. The van der Waals surface area contributed by atoms with E-state index in [0.29, 0.717) is 25.6 Å². The molecule has 0 aliphatic carbocycles. The van der Waals surface area contributed by atoms with Crippen molar-refractivity contribution in [3.05, 3.63) is 65.5 Å². The average molecular weight is 364 g/mol. The first-order valence-electron chi connectivity index (χ1n) is 7.77. The fraction of sp³-hybridized carbons (Fsp3) is 0.235. The van der Waals surface area contributed by atoms with Crippen LogP contribution in [0.25, 0.3) is 0 Å². The highest BCUT2D eigenvalue weighted by atomic mass is 32.2. The monoisotopic (exact) mass is 364 g/mol. The fourth-order valence-corrected chi connectivity index (χ4v) is 2.60. The quantitative estimate of drug-likeness (QED) is 0.537. The standard InChI is InChI=1S/C17H21FN4O2S/c1-2-20-17(21-11-13-3-7-15(18)8-4-13)22-12-14-5-9-16(10-6-14)25(19,23)24/h3-10H,2,11-12H2,1H3,(H2,19,23,24)(H2,20,21,22). The summed E-state index contributed by atoms with van der Waals surface area (Å²) in [5.41, 5.74) is 1.79. The average Bonchev–Trinajstić information content (AvgIpc) is 2.58. The summed E-state index contributed by atoms with van der Waals surface area (Å²) in [5, 5.41) is 11.4. The second-order valence-electron chi connectivity index (χ2n) is 5.36. The number of rotatable bonds is 6. The van der Waals surface area contributed by atoms with Crippen LogP contribution < -0.4 is 15.8 Å². The van der Waals surface area contributed by atoms with E-state index in [1.807, 2.05) is 6.92 Å². The van der Waals surface area contributed by atoms with Gasteiger partial charge in [0.05, 0.1) is 11.4 Å². The smallest absolute Gasteiger partial charge is 0.238 e. The molecule has 0 amide bonds. The molecule has 0 radical (unpaired) electrons. The number of nitrogens with two attached hydrogens (primary N) is 1. The van der Waals surface area contributed by atoms with Crippen molar-refractivity contribution in [3.63, 3.8) is 0 Å². The Balaban J connectivity index is 2.00. The highest BCUT2D eigenvalue weighted by Crippen LogP contribution is 2.09. The lowest BCUT2D eigenvalue weighted by molar-refractivity contribution is 0.597. The highest BCUT2D eigenvalue weighted by Gasteiger charge is 2.06. The highest BCUT2D eigenvalue weighted by molar-refractivity contribution is 7.89. The van der Waals surface area contributed by atoms with Crippen LogP contribution in [0, 0.1) is 5.82 Å². The molecule has 0 spiro atoms. The Bertz CT molecular complexity index is 819. The molecule has 6 nitrogen and oxygen atoms in total. The largest absolute Gasteiger partial charge is 0.357 e. The van der Waals surface area contributed by atoms with Gasteiger partial charge in [-0.05, 0) is 42.3 Å². The van der Waals surface area contributed by atoms with Crippen LogP contribution in [0.5, 0.6) is 0 Å². The number of primary sulfonamides is 1. The maximum atomic E-state index is 12.9. The first-order chi connectivity index (χ1) is 11.9. The SMILES string of the molecule is CCNC(=NCc1ccc(S(N)(=O)=O)cc1)NCc1ccc(F)cc1. The molecule has 2 rings (SSSR count). The molecule has 0 heterocycles. The molecule has 0 saturated heterocycles. The molecule has 0 aromatic heterocycles. The first kappa shape index (κ1) is 18.9. The van der Waals surface area contributed by atoms with Gasteiger partial charge in [0, 0.05) is 13.1 Å². The van der Waals surface area contributed by atoms with Gasteiger partial charge in [-0.2, -0.15) is 0 Å². The third-order valence-corrected chi connectivity index (χ3v) is 4.32. The lowest BCUT2D eigenvalue weighted by Crippen LogP contribution is -2.36. The molecule has 0 fully saturated rings. The van der Waals surface area contributed by atoms with Gasteiger partial charge in [-0.15, -0.1) is 0 Å². The minimum absolute atomic E-state index is 0.0709. The number of benzene rings is 2. The van der Waals surface area contributed by atoms with Gasteiger partial charge >= 0.3 is 0 Å². The molecular weight excluding hydrogens is 343 g/mol. The van der Waals surface area contributed by atoms with Gasteiger partial charge in [-0.25, -0.2) is 22.9 Å². The van der Waals surface area contributed by atoms with Crippen molar-refractivity contribution in [1.29, 1.82) is 0 Å². The maximum Gasteiger partial charge on any atom is 0.238 e. The fourth-order valence-electron chi connectivity index (χ4n) is 2.08. The zero-order valence-electron chi connectivity index (χ0n) is 13.9. The molecule has 2 aromatic carbocycles. The maximum absolute atomic E-state index is 12.9. The zero-order chi connectivity index (χ0) is 18.3. The molecular formula is C17H21FN4O2S. The number of aliphatic imine (C=N–C) groups is 1. The minimum atomic E-state index is -3.69. The molecule has 2 aromatic rings. The second-order valence-corrected chi connectivity index (χ2v) is 6.93. The van der Waals surface area contributed by atoms with Gasteiger partial charge in [-0.1, -0.05) is 24.3 Å². The number of hydrogen-bond acceptors (Lipinski definition) is 3. The van der Waals surface area contributed by atoms with Crippen LogP contribution in [0.1, 0.15) is 18.1 Å². The van der Waals surface area contributed by atoms with Crippen LogP contribution >= 0.6 is 0 Å². The Morgan fingerprint density at radius 3 is 2.20 bits per heavy atom. The normalized spacial score (nSPS) is 12.0. The topological polar surface area (TPSA) is 96.6 Å². The van der Waals surface area contributed by atoms with Gasteiger partial charge in [0.25, 0.3) is 0 Å². The summed E-state index contributed by atoms with van der Waals surface area (Å²) in [6, 6.07) is 12.5. The van der Waals surface area contributed by atoms with E-state index in [4.69, 9.17) is 5.14 Å². The first-order valence-corrected chi connectivity index (χ1v) is 9.31. The molecule has 0 unspecified atom stereocenters. The predicted molar refractivity (Wildman–Crippen MR) is 95.9 cm³/mol. The van der Waals surface area contributed by atoms with Gasteiger partial charge in [0.15, 0.2) is 5.96 Å². The van der Waals surface area contributed by atoms with E-state index in [1.54, 1.807) is 24.3 Å². The Morgan fingerprint density at radius 2 is 1.64 bits per heavy atom. The van der Waals surface area contributed by atoms with E-state index in [1.165, 1.54) is 24.3 Å². The number of nitrogens with one attached hydrogen (secondary N) is 2. The number of guanidine groups is 1. The zero-order valence-corrected chi connectivity index (χ0v) is 14.7. The van der Waals surface area contributed by atoms with Crippen LogP contribution in [0.15, 0.2) is 58.4 Å². The third kappa shape index (κ3) is 6.17. The molecule has 25 heavy (non-hydrogen) atoms. The van der Waals surface area contributed by atoms with Crippen LogP contribution in [-0.4, -0.2) is 20.9 Å². The number of sulfonamides is 1. The summed E-state index contributed by atoms with van der Waals surface area (Å²) in [4.78, 5) is 4.52. The van der Waals surface area contributed by atoms with Crippen LogP contribution in [-0.2, 0) is 23.1 Å². The van der Waals surface area contributed by atoms with Gasteiger partial charge in [-0.3, -0.25) is 0 Å². The van der Waals surface area contributed by atoms with Crippen molar-refractivity contribution in [2.24, 2.45) is 10.1 Å². The van der Waals surface area contributed by atoms with Gasteiger partial charge < -0.3 is 10.6 Å². The molecule has 8 heteroatoms. The van der Waals surface area contributed by atoms with Crippen LogP contribution in [0.3, 0.4) is 0 Å². The van der Waals surface area contributed by atoms with Crippen LogP contribution in [0.4, 0.5) is 4.39 Å². The molecule has 0 saturated carbocycles. The Morgan fingerprint density at radius 1 is 1.04 bits per heavy atom. The summed E-state index contributed by atoms with van der Waals surface area (Å²) in [6.07, 6.45) is 0. The Hall–Kier alpha value is -2.45. The molecule has 0 aliphatic rings. The molecule has 0 aliphatic heterocycles. The second kappa shape index (κ2) is 8.59. The van der Waals surface area contributed by atoms with Gasteiger partial charge in [0.2, 0.25) is 10.0 Å². The summed E-state index contributed by atoms with van der Waals surface area (Å²) < 4.78 is 35.4. The molecule has 0 atom stereocenters. The minimum Gasteiger partial charge on any atom is -0.357 e.